The Labute approximate surface area is 118 Å². The second kappa shape index (κ2) is 6.86. The molecule has 0 saturated heterocycles. The standard InChI is InChI=1S/C15H20N4O/c1-12-7-9-19(18-12)8-3-6-15(20)17-14-5-2-4-13(10-14)11-16/h2,4-5,7,9-10H,3,6,8,11,16H2,1H3,(H,17,20). The highest BCUT2D eigenvalue weighted by atomic mass is 16.1. The molecule has 5 nitrogen and oxygen atoms in total. The molecule has 2 rings (SSSR count). The van der Waals surface area contributed by atoms with Gasteiger partial charge in [-0.05, 0) is 37.1 Å². The Morgan fingerprint density at radius 1 is 1.40 bits per heavy atom. The zero-order valence-electron chi connectivity index (χ0n) is 11.7. The van der Waals surface area contributed by atoms with Crippen LogP contribution in [0.2, 0.25) is 0 Å². The lowest BCUT2D eigenvalue weighted by molar-refractivity contribution is -0.116. The first-order valence-corrected chi connectivity index (χ1v) is 6.76. The van der Waals surface area contributed by atoms with E-state index in [0.717, 1.165) is 29.9 Å². The van der Waals surface area contributed by atoms with Gasteiger partial charge >= 0.3 is 0 Å². The molecule has 0 atom stereocenters. The van der Waals surface area contributed by atoms with E-state index in [1.807, 2.05) is 48.1 Å². The van der Waals surface area contributed by atoms with Crippen molar-refractivity contribution in [3.63, 3.8) is 0 Å². The maximum Gasteiger partial charge on any atom is 0.224 e. The van der Waals surface area contributed by atoms with Crippen LogP contribution in [-0.2, 0) is 17.9 Å². The Morgan fingerprint density at radius 3 is 2.95 bits per heavy atom. The van der Waals surface area contributed by atoms with E-state index in [1.165, 1.54) is 0 Å². The first-order valence-electron chi connectivity index (χ1n) is 6.76. The molecule has 0 fully saturated rings. The van der Waals surface area contributed by atoms with Gasteiger partial charge in [0.2, 0.25) is 5.91 Å². The van der Waals surface area contributed by atoms with Crippen molar-refractivity contribution in [1.29, 1.82) is 0 Å². The molecule has 0 radical (unpaired) electrons. The van der Waals surface area contributed by atoms with Gasteiger partial charge in [0.05, 0.1) is 5.69 Å². The summed E-state index contributed by atoms with van der Waals surface area (Å²) in [6, 6.07) is 9.56. The third-order valence-corrected chi connectivity index (χ3v) is 3.01. The van der Waals surface area contributed by atoms with Crippen molar-refractivity contribution >= 4 is 11.6 Å². The maximum atomic E-state index is 11.8. The number of carbonyl (C=O) groups excluding carboxylic acids is 1. The summed E-state index contributed by atoms with van der Waals surface area (Å²) in [7, 11) is 0. The third kappa shape index (κ3) is 4.20. The molecule has 1 heterocycles. The molecule has 5 heteroatoms. The number of nitrogens with zero attached hydrogens (tertiary/aromatic N) is 2. The third-order valence-electron chi connectivity index (χ3n) is 3.01. The van der Waals surface area contributed by atoms with E-state index in [4.69, 9.17) is 5.73 Å². The van der Waals surface area contributed by atoms with Crippen molar-refractivity contribution in [3.05, 3.63) is 47.8 Å². The fraction of sp³-hybridized carbons (Fsp3) is 0.333. The van der Waals surface area contributed by atoms with Crippen molar-refractivity contribution in [1.82, 2.24) is 9.78 Å². The van der Waals surface area contributed by atoms with Crippen LogP contribution in [-0.4, -0.2) is 15.7 Å². The zero-order chi connectivity index (χ0) is 14.4. The topological polar surface area (TPSA) is 72.9 Å². The molecule has 0 bridgehead atoms. The number of nitrogens with one attached hydrogen (secondary N) is 1. The van der Waals surface area contributed by atoms with Crippen LogP contribution in [0.15, 0.2) is 36.5 Å². The van der Waals surface area contributed by atoms with Crippen LogP contribution in [0.5, 0.6) is 0 Å². The highest BCUT2D eigenvalue weighted by Gasteiger charge is 2.03. The maximum absolute atomic E-state index is 11.8. The van der Waals surface area contributed by atoms with Crippen molar-refractivity contribution in [2.45, 2.75) is 32.9 Å². The van der Waals surface area contributed by atoms with Gasteiger partial charge in [0.25, 0.3) is 0 Å². The van der Waals surface area contributed by atoms with Crippen LogP contribution in [0.1, 0.15) is 24.1 Å². The number of amides is 1. The van der Waals surface area contributed by atoms with Crippen molar-refractivity contribution in [2.75, 3.05) is 5.32 Å². The molecule has 0 aliphatic carbocycles. The van der Waals surface area contributed by atoms with Crippen LogP contribution in [0.25, 0.3) is 0 Å². The van der Waals surface area contributed by atoms with Crippen molar-refractivity contribution < 1.29 is 4.79 Å². The monoisotopic (exact) mass is 272 g/mol. The number of anilines is 1. The lowest BCUT2D eigenvalue weighted by Crippen LogP contribution is -2.13. The number of hydrogen-bond acceptors (Lipinski definition) is 3. The minimum absolute atomic E-state index is 0.0167. The van der Waals surface area contributed by atoms with E-state index in [-0.39, 0.29) is 5.91 Å². The first kappa shape index (κ1) is 14.3. The number of benzene rings is 1. The predicted molar refractivity (Wildman–Crippen MR) is 79.2 cm³/mol. The Hall–Kier alpha value is -2.14. The second-order valence-corrected chi connectivity index (χ2v) is 4.78. The van der Waals surface area contributed by atoms with E-state index in [1.54, 1.807) is 0 Å². The van der Waals surface area contributed by atoms with E-state index in [0.29, 0.717) is 13.0 Å². The Kier molecular flexibility index (Phi) is 4.90. The summed E-state index contributed by atoms with van der Waals surface area (Å²) in [4.78, 5) is 11.8. The molecule has 106 valence electrons. The summed E-state index contributed by atoms with van der Waals surface area (Å²) in [6.45, 7) is 3.18. The predicted octanol–water partition coefficient (Wildman–Crippen LogP) is 2.07. The molecule has 1 aromatic heterocycles. The fourth-order valence-corrected chi connectivity index (χ4v) is 1.99. The molecule has 0 aliphatic rings. The van der Waals surface area contributed by atoms with Gasteiger partial charge in [-0.2, -0.15) is 5.10 Å². The first-order chi connectivity index (χ1) is 9.67. The van der Waals surface area contributed by atoms with Gasteiger partial charge in [0.1, 0.15) is 0 Å². The number of aromatic nitrogens is 2. The van der Waals surface area contributed by atoms with Gasteiger partial charge in [0, 0.05) is 31.4 Å². The Morgan fingerprint density at radius 2 is 2.25 bits per heavy atom. The van der Waals surface area contributed by atoms with Gasteiger partial charge in [-0.25, -0.2) is 0 Å². The number of aryl methyl sites for hydroxylation is 2. The normalized spacial score (nSPS) is 10.5. The lowest BCUT2D eigenvalue weighted by Gasteiger charge is -2.07. The summed E-state index contributed by atoms with van der Waals surface area (Å²) >= 11 is 0. The number of hydrogen-bond donors (Lipinski definition) is 2. The molecule has 0 unspecified atom stereocenters. The summed E-state index contributed by atoms with van der Waals surface area (Å²) in [5.41, 5.74) is 8.38. The van der Waals surface area contributed by atoms with E-state index in [9.17, 15) is 4.79 Å². The van der Waals surface area contributed by atoms with Crippen LogP contribution in [0, 0.1) is 6.92 Å². The molecule has 0 aliphatic heterocycles. The summed E-state index contributed by atoms with van der Waals surface area (Å²) in [5.74, 6) is 0.0167. The average Bonchev–Trinajstić information content (AvgIpc) is 2.84. The van der Waals surface area contributed by atoms with E-state index in [2.05, 4.69) is 10.4 Å². The van der Waals surface area contributed by atoms with E-state index >= 15 is 0 Å². The quantitative estimate of drug-likeness (QED) is 0.845. The molecule has 3 N–H and O–H groups in total. The van der Waals surface area contributed by atoms with Crippen LogP contribution in [0.3, 0.4) is 0 Å². The van der Waals surface area contributed by atoms with Crippen molar-refractivity contribution in [2.24, 2.45) is 5.73 Å². The van der Waals surface area contributed by atoms with Crippen molar-refractivity contribution in [3.8, 4) is 0 Å². The second-order valence-electron chi connectivity index (χ2n) is 4.78. The van der Waals surface area contributed by atoms with Gasteiger partial charge in [-0.1, -0.05) is 12.1 Å². The summed E-state index contributed by atoms with van der Waals surface area (Å²) < 4.78 is 1.86. The highest BCUT2D eigenvalue weighted by molar-refractivity contribution is 5.90. The fourth-order valence-electron chi connectivity index (χ4n) is 1.99. The average molecular weight is 272 g/mol. The molecule has 0 saturated carbocycles. The van der Waals surface area contributed by atoms with E-state index < -0.39 is 0 Å². The summed E-state index contributed by atoms with van der Waals surface area (Å²) in [6.07, 6.45) is 3.17. The van der Waals surface area contributed by atoms with Crippen LogP contribution in [0.4, 0.5) is 5.69 Å². The number of nitrogens with two attached hydrogens (primary N) is 1. The van der Waals surface area contributed by atoms with Gasteiger partial charge in [0.15, 0.2) is 0 Å². The number of carbonyl (C=O) groups is 1. The zero-order valence-corrected chi connectivity index (χ0v) is 11.7. The van der Waals surface area contributed by atoms with Crippen LogP contribution < -0.4 is 11.1 Å². The molecular formula is C15H20N4O. The van der Waals surface area contributed by atoms with Gasteiger partial charge < -0.3 is 11.1 Å². The minimum Gasteiger partial charge on any atom is -0.326 e. The van der Waals surface area contributed by atoms with Gasteiger partial charge in [-0.3, -0.25) is 9.48 Å². The SMILES string of the molecule is Cc1ccn(CCCC(=O)Nc2cccc(CN)c2)n1. The Bertz CT molecular complexity index is 577. The molecule has 2 aromatic rings. The molecular weight excluding hydrogens is 252 g/mol. The largest absolute Gasteiger partial charge is 0.326 e. The highest BCUT2D eigenvalue weighted by Crippen LogP contribution is 2.11. The summed E-state index contributed by atoms with van der Waals surface area (Å²) in [5, 5.41) is 7.17. The lowest BCUT2D eigenvalue weighted by atomic mass is 10.2. The molecule has 0 spiro atoms. The molecule has 1 aromatic carbocycles. The Balaban J connectivity index is 1.77. The smallest absolute Gasteiger partial charge is 0.224 e. The minimum atomic E-state index is 0.0167. The molecule has 1 amide bonds. The molecule has 20 heavy (non-hydrogen) atoms. The number of rotatable bonds is 6. The van der Waals surface area contributed by atoms with Crippen LogP contribution >= 0.6 is 0 Å². The van der Waals surface area contributed by atoms with Gasteiger partial charge in [-0.15, -0.1) is 0 Å².